The Balaban J connectivity index is 2.36. The molecule has 0 fully saturated rings. The predicted molar refractivity (Wildman–Crippen MR) is 99.0 cm³/mol. The number of carboxylic acids is 3. The number of hydrogen-bond donors (Lipinski definition) is 3. The summed E-state index contributed by atoms with van der Waals surface area (Å²) in [6.07, 6.45) is 0. The van der Waals surface area contributed by atoms with Gasteiger partial charge in [0.05, 0.1) is 0 Å². The Morgan fingerprint density at radius 3 is 2.10 bits per heavy atom. The first-order valence-electron chi connectivity index (χ1n) is 9.03. The van der Waals surface area contributed by atoms with Crippen molar-refractivity contribution in [3.63, 3.8) is 0 Å². The minimum atomic E-state index is -0.966. The number of hydrogen-bond acceptors (Lipinski definition) is 7. The molecule has 29 heavy (non-hydrogen) atoms. The molecule has 162 valence electrons. The van der Waals surface area contributed by atoms with Crippen LogP contribution in [0.2, 0.25) is 0 Å². The topological polar surface area (TPSA) is 135 Å². The Labute approximate surface area is 179 Å². The van der Waals surface area contributed by atoms with Crippen LogP contribution >= 0.6 is 0 Å². The quantitative estimate of drug-likeness (QED) is 0.187. The van der Waals surface area contributed by atoms with Gasteiger partial charge in [-0.05, 0) is 0 Å². The number of nitrogens with zero attached hydrogens (tertiary/aromatic N) is 4. The van der Waals surface area contributed by atoms with Gasteiger partial charge in [-0.25, -0.2) is 0 Å². The SMILES string of the molecule is C[I-]C1CN(CC(=O)O)CCN(CC(=O)O)Cc2cccc(n2)CN1CC(=O)O. The van der Waals surface area contributed by atoms with Crippen molar-refractivity contribution in [3.8, 4) is 0 Å². The summed E-state index contributed by atoms with van der Waals surface area (Å²) < 4.78 is -0.0675. The Kier molecular flexibility index (Phi) is 9.20. The number of aliphatic carboxylic acids is 3. The predicted octanol–water partition coefficient (Wildman–Crippen LogP) is -3.70. The Hall–Kier alpha value is -1.83. The molecule has 0 amide bonds. The molecule has 0 saturated carbocycles. The third-order valence-electron chi connectivity index (χ3n) is 4.46. The molecule has 1 atom stereocenters. The van der Waals surface area contributed by atoms with E-state index in [1.165, 1.54) is 0 Å². The Morgan fingerprint density at radius 2 is 1.52 bits per heavy atom. The fraction of sp³-hybridized carbons (Fsp3) is 0.556. The van der Waals surface area contributed by atoms with Crippen LogP contribution in [0.4, 0.5) is 0 Å². The summed E-state index contributed by atoms with van der Waals surface area (Å²) in [5.74, 6) is -2.86. The van der Waals surface area contributed by atoms with Crippen LogP contribution < -0.4 is 21.2 Å². The maximum absolute atomic E-state index is 11.4. The summed E-state index contributed by atoms with van der Waals surface area (Å²) in [6, 6.07) is 5.48. The van der Waals surface area contributed by atoms with Gasteiger partial charge >= 0.3 is 179 Å². The molecule has 2 bridgehead atoms. The molecule has 0 aromatic carbocycles. The molecule has 1 aliphatic rings. The molecule has 0 aliphatic carbocycles. The monoisotopic (exact) mass is 521 g/mol. The zero-order chi connectivity index (χ0) is 21.4. The van der Waals surface area contributed by atoms with Crippen LogP contribution in [0.3, 0.4) is 0 Å². The van der Waals surface area contributed by atoms with Gasteiger partial charge in [-0.1, -0.05) is 0 Å². The second-order valence-electron chi connectivity index (χ2n) is 6.80. The van der Waals surface area contributed by atoms with Crippen molar-refractivity contribution < 1.29 is 50.9 Å². The molecule has 0 spiro atoms. The molecule has 0 saturated heterocycles. The summed E-state index contributed by atoms with van der Waals surface area (Å²) in [7, 11) is 0. The standard InChI is InChI=1S/C18H26IN4O6/c1-19-15-9-22(11-17(26)27)6-5-21(10-16(24)25)7-13-3-2-4-14(20-13)8-23(15)12-18(28)29/h2-4,15H,5-12H2,1H3,(H,24,25)(H,26,27)(H,28,29)/q-1. The average Bonchev–Trinajstić information content (AvgIpc) is 2.61. The van der Waals surface area contributed by atoms with Gasteiger partial charge < -0.3 is 0 Å². The van der Waals surface area contributed by atoms with Gasteiger partial charge in [0.25, 0.3) is 0 Å². The molecule has 10 nitrogen and oxygen atoms in total. The van der Waals surface area contributed by atoms with Crippen molar-refractivity contribution in [1.82, 2.24) is 19.7 Å². The zero-order valence-corrected chi connectivity index (χ0v) is 18.4. The summed E-state index contributed by atoms with van der Waals surface area (Å²) in [6.45, 7) is 1.36. The number of carboxylic acid groups (broad SMARTS) is 3. The van der Waals surface area contributed by atoms with E-state index in [2.05, 4.69) is 4.98 Å². The van der Waals surface area contributed by atoms with E-state index >= 15 is 0 Å². The van der Waals surface area contributed by atoms with Crippen LogP contribution in [0.5, 0.6) is 0 Å². The molecule has 1 aromatic heterocycles. The van der Waals surface area contributed by atoms with Crippen molar-refractivity contribution in [3.05, 3.63) is 29.6 Å². The number of aromatic nitrogens is 1. The van der Waals surface area contributed by atoms with E-state index in [9.17, 15) is 29.7 Å². The molecule has 11 heteroatoms. The van der Waals surface area contributed by atoms with Crippen molar-refractivity contribution in [1.29, 1.82) is 0 Å². The molecule has 2 rings (SSSR count). The molecule has 1 aliphatic heterocycles. The van der Waals surface area contributed by atoms with Crippen LogP contribution in [0.1, 0.15) is 11.4 Å². The number of fused-ring (bicyclic) bond motifs is 2. The fourth-order valence-electron chi connectivity index (χ4n) is 3.22. The fourth-order valence-corrected chi connectivity index (χ4v) is 5.35. The number of alkyl halides is 2. The first-order valence-corrected chi connectivity index (χ1v) is 12.4. The second-order valence-corrected chi connectivity index (χ2v) is 9.49. The normalized spacial score (nSPS) is 20.0. The van der Waals surface area contributed by atoms with E-state index in [1.54, 1.807) is 9.80 Å². The maximum atomic E-state index is 11.4. The van der Waals surface area contributed by atoms with Crippen molar-refractivity contribution in [2.24, 2.45) is 0 Å². The molecular formula is C18H26IN4O6-. The third kappa shape index (κ3) is 8.20. The van der Waals surface area contributed by atoms with Crippen LogP contribution in [0, 0.1) is 0 Å². The zero-order valence-electron chi connectivity index (χ0n) is 16.2. The Morgan fingerprint density at radius 1 is 0.966 bits per heavy atom. The molecule has 1 unspecified atom stereocenters. The third-order valence-corrected chi connectivity index (χ3v) is 7.08. The second kappa shape index (κ2) is 11.4. The first-order chi connectivity index (χ1) is 13.8. The summed E-state index contributed by atoms with van der Waals surface area (Å²) >= 11 is -0.423. The van der Waals surface area contributed by atoms with Crippen LogP contribution in [0.15, 0.2) is 18.2 Å². The van der Waals surface area contributed by atoms with Crippen molar-refractivity contribution in [2.75, 3.05) is 44.2 Å². The van der Waals surface area contributed by atoms with Crippen LogP contribution in [0.25, 0.3) is 0 Å². The number of halogens is 1. The van der Waals surface area contributed by atoms with Gasteiger partial charge in [0.2, 0.25) is 0 Å². The van der Waals surface area contributed by atoms with E-state index < -0.39 is 39.1 Å². The number of pyridine rings is 1. The van der Waals surface area contributed by atoms with Crippen molar-refractivity contribution in [2.45, 2.75) is 17.1 Å². The van der Waals surface area contributed by atoms with Gasteiger partial charge in [-0.15, -0.1) is 0 Å². The number of carbonyl (C=O) groups is 3. The molecule has 0 radical (unpaired) electrons. The summed E-state index contributed by atoms with van der Waals surface area (Å²) in [4.78, 5) is 46.0. The van der Waals surface area contributed by atoms with Crippen molar-refractivity contribution >= 4 is 17.9 Å². The van der Waals surface area contributed by atoms with Gasteiger partial charge in [0.15, 0.2) is 0 Å². The number of rotatable bonds is 7. The minimum absolute atomic E-state index is 0.0675. The van der Waals surface area contributed by atoms with E-state index in [-0.39, 0.29) is 23.7 Å². The van der Waals surface area contributed by atoms with Gasteiger partial charge in [0.1, 0.15) is 0 Å². The summed E-state index contributed by atoms with van der Waals surface area (Å²) in [5, 5.41) is 27.8. The van der Waals surface area contributed by atoms with E-state index in [4.69, 9.17) is 0 Å². The summed E-state index contributed by atoms with van der Waals surface area (Å²) in [5.41, 5.74) is 1.42. The van der Waals surface area contributed by atoms with E-state index in [1.807, 2.05) is 28.0 Å². The van der Waals surface area contributed by atoms with Crippen LogP contribution in [-0.2, 0) is 27.5 Å². The van der Waals surface area contributed by atoms with E-state index in [0.717, 1.165) is 0 Å². The molecule has 2 heterocycles. The average molecular weight is 521 g/mol. The van der Waals surface area contributed by atoms with E-state index in [0.29, 0.717) is 44.1 Å². The van der Waals surface area contributed by atoms with Gasteiger partial charge in [-0.2, -0.15) is 0 Å². The van der Waals surface area contributed by atoms with Gasteiger partial charge in [0, 0.05) is 0 Å². The first kappa shape index (κ1) is 23.4. The Bertz CT molecular complexity index is 734. The molecule has 1 aromatic rings. The molecule has 3 N–H and O–H groups in total. The van der Waals surface area contributed by atoms with Gasteiger partial charge in [-0.3, -0.25) is 0 Å². The van der Waals surface area contributed by atoms with Crippen LogP contribution in [-0.4, -0.2) is 101 Å². The molecular weight excluding hydrogens is 495 g/mol.